The van der Waals surface area contributed by atoms with E-state index in [0.29, 0.717) is 5.01 Å². The Morgan fingerprint density at radius 2 is 2.19 bits per heavy atom. The van der Waals surface area contributed by atoms with Gasteiger partial charge in [0.05, 0.1) is 17.5 Å². The van der Waals surface area contributed by atoms with Crippen molar-refractivity contribution in [3.05, 3.63) is 57.8 Å². The number of hydrogen-bond donors (Lipinski definition) is 0. The first-order valence-electron chi connectivity index (χ1n) is 8.07. The molecule has 0 bridgehead atoms. The average molecular weight is 383 g/mol. The van der Waals surface area contributed by atoms with Crippen LogP contribution in [-0.2, 0) is 4.79 Å². The van der Waals surface area contributed by atoms with E-state index in [0.717, 1.165) is 22.1 Å². The second-order valence-electron chi connectivity index (χ2n) is 6.01. The van der Waals surface area contributed by atoms with Crippen molar-refractivity contribution in [3.8, 4) is 11.8 Å². The van der Waals surface area contributed by atoms with Crippen molar-refractivity contribution in [2.45, 2.75) is 31.8 Å². The minimum Gasteiger partial charge on any atom is -0.297 e. The molecule has 2 heterocycles. The zero-order valence-electron chi connectivity index (χ0n) is 14.8. The number of ketones is 1. The van der Waals surface area contributed by atoms with Crippen molar-refractivity contribution in [1.29, 1.82) is 5.26 Å². The molecule has 132 valence electrons. The number of hydrogen-bond acceptors (Lipinski definition) is 6. The lowest BCUT2D eigenvalue weighted by Crippen LogP contribution is -2.13. The van der Waals surface area contributed by atoms with Crippen LogP contribution in [0.5, 0.6) is 0 Å². The highest BCUT2D eigenvalue weighted by Crippen LogP contribution is 2.26. The number of aryl methyl sites for hydroxylation is 3. The molecule has 0 amide bonds. The van der Waals surface area contributed by atoms with Gasteiger partial charge in [0.2, 0.25) is 0 Å². The van der Waals surface area contributed by atoms with E-state index in [4.69, 9.17) is 0 Å². The second-order valence-corrected chi connectivity index (χ2v) is 7.85. The molecule has 5 nitrogen and oxygen atoms in total. The fraction of sp³-hybridized carbons (Fsp3) is 0.263. The van der Waals surface area contributed by atoms with Crippen LogP contribution in [0.15, 0.2) is 41.1 Å². The van der Waals surface area contributed by atoms with Gasteiger partial charge in [-0.25, -0.2) is 9.97 Å². The third-order valence-corrected chi connectivity index (χ3v) is 5.91. The molecule has 3 rings (SSSR count). The highest BCUT2D eigenvalue weighted by Gasteiger charge is 2.24. The Bertz CT molecular complexity index is 984. The zero-order valence-corrected chi connectivity index (χ0v) is 16.4. The van der Waals surface area contributed by atoms with Gasteiger partial charge in [-0.15, -0.1) is 11.3 Å². The van der Waals surface area contributed by atoms with Crippen LogP contribution in [0.3, 0.4) is 0 Å². The fourth-order valence-corrected chi connectivity index (χ4v) is 4.38. The van der Waals surface area contributed by atoms with E-state index < -0.39 is 5.92 Å². The van der Waals surface area contributed by atoms with Crippen LogP contribution >= 0.6 is 23.1 Å². The van der Waals surface area contributed by atoms with Gasteiger partial charge in [-0.1, -0.05) is 29.5 Å². The van der Waals surface area contributed by atoms with Crippen LogP contribution in [0.1, 0.15) is 27.7 Å². The van der Waals surface area contributed by atoms with E-state index in [1.807, 2.05) is 23.1 Å². The summed E-state index contributed by atoms with van der Waals surface area (Å²) in [5.41, 5.74) is 4.21. The molecule has 0 saturated heterocycles. The predicted molar refractivity (Wildman–Crippen MR) is 104 cm³/mol. The standard InChI is InChI=1S/C19H18N4OS2/c1-12-4-5-16(13(2)8-12)23-7-6-21-19(23)26-11-17(24)15(9-20)18-22-14(3)10-25-18/h4-8,10,15H,11H2,1-3H3. The Morgan fingerprint density at radius 3 is 2.85 bits per heavy atom. The number of thiazole rings is 1. The zero-order chi connectivity index (χ0) is 18.7. The monoisotopic (exact) mass is 382 g/mol. The number of imidazole rings is 1. The highest BCUT2D eigenvalue weighted by molar-refractivity contribution is 7.99. The summed E-state index contributed by atoms with van der Waals surface area (Å²) in [5, 5.41) is 12.5. The molecule has 7 heteroatoms. The quantitative estimate of drug-likeness (QED) is 0.597. The van der Waals surface area contributed by atoms with Crippen LogP contribution in [0, 0.1) is 32.1 Å². The summed E-state index contributed by atoms with van der Waals surface area (Å²) in [5.74, 6) is -0.786. The molecule has 1 unspecified atom stereocenters. The molecule has 0 aliphatic carbocycles. The van der Waals surface area contributed by atoms with Crippen molar-refractivity contribution in [2.75, 3.05) is 5.75 Å². The van der Waals surface area contributed by atoms with Gasteiger partial charge < -0.3 is 0 Å². The molecule has 2 aromatic heterocycles. The largest absolute Gasteiger partial charge is 0.297 e. The first-order valence-corrected chi connectivity index (χ1v) is 9.94. The van der Waals surface area contributed by atoms with Crippen molar-refractivity contribution >= 4 is 28.9 Å². The first-order chi connectivity index (χ1) is 12.5. The smallest absolute Gasteiger partial charge is 0.173 e. The van der Waals surface area contributed by atoms with Crippen LogP contribution in [-0.4, -0.2) is 26.1 Å². The number of nitrogens with zero attached hydrogens (tertiary/aromatic N) is 4. The Labute approximate surface area is 160 Å². The summed E-state index contributed by atoms with van der Waals surface area (Å²) in [6.07, 6.45) is 3.61. The summed E-state index contributed by atoms with van der Waals surface area (Å²) < 4.78 is 1.97. The van der Waals surface area contributed by atoms with Crippen molar-refractivity contribution in [1.82, 2.24) is 14.5 Å². The van der Waals surface area contributed by atoms with E-state index in [-0.39, 0.29) is 11.5 Å². The fourth-order valence-electron chi connectivity index (χ4n) is 2.64. The molecule has 0 fully saturated rings. The van der Waals surface area contributed by atoms with Gasteiger partial charge in [0.15, 0.2) is 16.9 Å². The molecular formula is C19H18N4OS2. The van der Waals surface area contributed by atoms with Gasteiger partial charge in [0.1, 0.15) is 5.01 Å². The Balaban J connectivity index is 1.76. The van der Waals surface area contributed by atoms with Gasteiger partial charge >= 0.3 is 0 Å². The average Bonchev–Trinajstić information content (AvgIpc) is 3.23. The number of aromatic nitrogens is 3. The van der Waals surface area contributed by atoms with E-state index in [1.165, 1.54) is 28.7 Å². The second kappa shape index (κ2) is 7.85. The van der Waals surface area contributed by atoms with Crippen LogP contribution in [0.2, 0.25) is 0 Å². The van der Waals surface area contributed by atoms with Gasteiger partial charge in [-0.05, 0) is 32.4 Å². The molecule has 0 aliphatic rings. The molecule has 3 aromatic rings. The van der Waals surface area contributed by atoms with E-state index in [2.05, 4.69) is 48.1 Å². The summed E-state index contributed by atoms with van der Waals surface area (Å²) in [6.45, 7) is 5.97. The summed E-state index contributed by atoms with van der Waals surface area (Å²) in [4.78, 5) is 21.2. The lowest BCUT2D eigenvalue weighted by Gasteiger charge is -2.11. The van der Waals surface area contributed by atoms with E-state index >= 15 is 0 Å². The van der Waals surface area contributed by atoms with E-state index in [1.54, 1.807) is 6.20 Å². The third-order valence-electron chi connectivity index (χ3n) is 3.90. The molecule has 0 saturated carbocycles. The number of Topliss-reactive ketones (excluding diaryl/α,β-unsaturated/α-hetero) is 1. The summed E-state index contributed by atoms with van der Waals surface area (Å²) >= 11 is 2.70. The number of benzene rings is 1. The van der Waals surface area contributed by atoms with Crippen molar-refractivity contribution in [2.24, 2.45) is 0 Å². The summed E-state index contributed by atoms with van der Waals surface area (Å²) in [6, 6.07) is 8.30. The highest BCUT2D eigenvalue weighted by atomic mass is 32.2. The van der Waals surface area contributed by atoms with Gasteiger partial charge in [-0.2, -0.15) is 5.26 Å². The number of carbonyl (C=O) groups is 1. The maximum absolute atomic E-state index is 12.5. The maximum Gasteiger partial charge on any atom is 0.173 e. The van der Waals surface area contributed by atoms with Gasteiger partial charge in [0, 0.05) is 23.5 Å². The molecule has 1 atom stereocenters. The number of thioether (sulfide) groups is 1. The minimum atomic E-state index is -0.814. The topological polar surface area (TPSA) is 71.6 Å². The SMILES string of the molecule is Cc1ccc(-n2ccnc2SCC(=O)C(C#N)c2nc(C)cs2)c(C)c1. The molecule has 1 aromatic carbocycles. The predicted octanol–water partition coefficient (Wildman–Crippen LogP) is 4.22. The number of nitriles is 1. The molecular weight excluding hydrogens is 364 g/mol. The Morgan fingerprint density at radius 1 is 1.38 bits per heavy atom. The van der Waals surface area contributed by atoms with Crippen LogP contribution in [0.4, 0.5) is 0 Å². The molecule has 0 radical (unpaired) electrons. The molecule has 0 N–H and O–H groups in total. The Kier molecular flexibility index (Phi) is 5.55. The van der Waals surface area contributed by atoms with Gasteiger partial charge in [0.25, 0.3) is 0 Å². The molecule has 0 aliphatic heterocycles. The van der Waals surface area contributed by atoms with Gasteiger partial charge in [-0.3, -0.25) is 9.36 Å². The van der Waals surface area contributed by atoms with Crippen molar-refractivity contribution in [3.63, 3.8) is 0 Å². The number of carbonyl (C=O) groups excluding carboxylic acids is 1. The minimum absolute atomic E-state index is 0.151. The summed E-state index contributed by atoms with van der Waals surface area (Å²) in [7, 11) is 0. The lowest BCUT2D eigenvalue weighted by atomic mass is 10.1. The molecule has 26 heavy (non-hydrogen) atoms. The van der Waals surface area contributed by atoms with Crippen LogP contribution < -0.4 is 0 Å². The lowest BCUT2D eigenvalue weighted by molar-refractivity contribution is -0.116. The first kappa shape index (κ1) is 18.4. The normalized spacial score (nSPS) is 11.9. The van der Waals surface area contributed by atoms with E-state index in [9.17, 15) is 10.1 Å². The molecule has 0 spiro atoms. The number of rotatable bonds is 6. The van der Waals surface area contributed by atoms with Crippen molar-refractivity contribution < 1.29 is 4.79 Å². The third kappa shape index (κ3) is 3.87. The maximum atomic E-state index is 12.5. The Hall–Kier alpha value is -2.43. The van der Waals surface area contributed by atoms with Crippen LogP contribution in [0.25, 0.3) is 5.69 Å².